The van der Waals surface area contributed by atoms with Gasteiger partial charge in [-0.15, -0.1) is 0 Å². The summed E-state index contributed by atoms with van der Waals surface area (Å²) in [6, 6.07) is 0.873. The normalized spacial score (nSPS) is 22.4. The summed E-state index contributed by atoms with van der Waals surface area (Å²) in [7, 11) is -3.11. The van der Waals surface area contributed by atoms with E-state index in [-0.39, 0.29) is 5.25 Å². The smallest absolute Gasteiger partial charge is 0.218 e. The van der Waals surface area contributed by atoms with E-state index in [1.54, 1.807) is 4.31 Å². The van der Waals surface area contributed by atoms with Gasteiger partial charge in [-0.3, -0.25) is 0 Å². The molecule has 0 aromatic heterocycles. The highest BCUT2D eigenvalue weighted by Crippen LogP contribution is 2.31. The van der Waals surface area contributed by atoms with Gasteiger partial charge >= 0.3 is 0 Å². The molecule has 2 rings (SSSR count). The summed E-state index contributed by atoms with van der Waals surface area (Å²) in [5.74, 6) is 0. The average molecular weight is 274 g/mol. The van der Waals surface area contributed by atoms with Crippen molar-refractivity contribution in [1.29, 1.82) is 0 Å². The van der Waals surface area contributed by atoms with Crippen LogP contribution in [0.2, 0.25) is 0 Å². The number of hydrogen-bond acceptors (Lipinski definition) is 3. The van der Waals surface area contributed by atoms with Crippen molar-refractivity contribution in [2.75, 3.05) is 13.1 Å². The van der Waals surface area contributed by atoms with Crippen LogP contribution in [-0.4, -0.2) is 43.1 Å². The van der Waals surface area contributed by atoms with Gasteiger partial charge in [-0.05, 0) is 39.0 Å². The molecule has 0 aromatic carbocycles. The van der Waals surface area contributed by atoms with Crippen molar-refractivity contribution in [2.24, 2.45) is 0 Å². The molecule has 0 amide bonds. The highest BCUT2D eigenvalue weighted by molar-refractivity contribution is 7.89. The van der Waals surface area contributed by atoms with Gasteiger partial charge in [0, 0.05) is 25.2 Å². The Balaban J connectivity index is 1.91. The number of sulfonamides is 1. The molecule has 18 heavy (non-hydrogen) atoms. The summed E-state index contributed by atoms with van der Waals surface area (Å²) < 4.78 is 26.8. The second kappa shape index (κ2) is 5.88. The molecular formula is C13H26N2O2S. The van der Waals surface area contributed by atoms with Crippen molar-refractivity contribution in [1.82, 2.24) is 9.62 Å². The topological polar surface area (TPSA) is 49.4 Å². The first-order chi connectivity index (χ1) is 8.55. The summed E-state index contributed by atoms with van der Waals surface area (Å²) in [6.45, 7) is 5.25. The van der Waals surface area contributed by atoms with Crippen molar-refractivity contribution in [3.8, 4) is 0 Å². The Labute approximate surface area is 111 Å². The van der Waals surface area contributed by atoms with Gasteiger partial charge in [0.15, 0.2) is 0 Å². The van der Waals surface area contributed by atoms with Crippen LogP contribution in [0.4, 0.5) is 0 Å². The predicted molar refractivity (Wildman–Crippen MR) is 74.0 cm³/mol. The molecule has 2 fully saturated rings. The first kappa shape index (κ1) is 14.3. The molecule has 0 heterocycles. The van der Waals surface area contributed by atoms with Crippen molar-refractivity contribution in [2.45, 2.75) is 69.7 Å². The number of unbranched alkanes of at least 4 members (excludes halogenated alkanes) is 1. The molecule has 0 spiro atoms. The van der Waals surface area contributed by atoms with Crippen LogP contribution in [0.25, 0.3) is 0 Å². The maximum atomic E-state index is 12.5. The van der Waals surface area contributed by atoms with E-state index in [0.29, 0.717) is 25.2 Å². The molecule has 2 aliphatic rings. The molecular weight excluding hydrogens is 248 g/mol. The number of nitrogens with one attached hydrogen (secondary N) is 1. The average Bonchev–Trinajstić information content (AvgIpc) is 3.18. The van der Waals surface area contributed by atoms with Crippen molar-refractivity contribution >= 4 is 10.0 Å². The SMILES string of the molecule is CCCCN(C1CC1)S(=O)(=O)C(C)CNC1CC1. The molecule has 0 aromatic rings. The third-order valence-corrected chi connectivity index (χ3v) is 6.11. The van der Waals surface area contributed by atoms with Crippen molar-refractivity contribution in [3.05, 3.63) is 0 Å². The molecule has 0 bridgehead atoms. The Morgan fingerprint density at radius 1 is 1.28 bits per heavy atom. The Morgan fingerprint density at radius 2 is 1.94 bits per heavy atom. The van der Waals surface area contributed by atoms with Gasteiger partial charge in [0.25, 0.3) is 0 Å². The summed E-state index contributed by atoms with van der Waals surface area (Å²) in [5.41, 5.74) is 0. The zero-order valence-corrected chi connectivity index (χ0v) is 12.4. The molecule has 0 aliphatic heterocycles. The second-order valence-electron chi connectivity index (χ2n) is 5.73. The fraction of sp³-hybridized carbons (Fsp3) is 1.00. The zero-order chi connectivity index (χ0) is 13.2. The van der Waals surface area contributed by atoms with Crippen LogP contribution in [0.15, 0.2) is 0 Å². The van der Waals surface area contributed by atoms with Crippen LogP contribution >= 0.6 is 0 Å². The van der Waals surface area contributed by atoms with Crippen LogP contribution in [0.5, 0.6) is 0 Å². The Bertz CT molecular complexity index is 361. The molecule has 5 heteroatoms. The van der Waals surface area contributed by atoms with E-state index in [1.807, 2.05) is 6.92 Å². The Morgan fingerprint density at radius 3 is 2.44 bits per heavy atom. The first-order valence-corrected chi connectivity index (χ1v) is 8.80. The highest BCUT2D eigenvalue weighted by Gasteiger charge is 2.39. The maximum absolute atomic E-state index is 12.5. The lowest BCUT2D eigenvalue weighted by atomic mass is 10.3. The standard InChI is InChI=1S/C13H26N2O2S/c1-3-4-9-15(13-7-8-13)18(16,17)11(2)10-14-12-5-6-12/h11-14H,3-10H2,1-2H3. The van der Waals surface area contributed by atoms with Gasteiger partial charge in [-0.25, -0.2) is 8.42 Å². The largest absolute Gasteiger partial charge is 0.313 e. The van der Waals surface area contributed by atoms with Gasteiger partial charge in [0.1, 0.15) is 0 Å². The lowest BCUT2D eigenvalue weighted by Crippen LogP contribution is -2.43. The fourth-order valence-corrected chi connectivity index (χ4v) is 3.93. The molecule has 2 saturated carbocycles. The minimum absolute atomic E-state index is 0.296. The van der Waals surface area contributed by atoms with E-state index < -0.39 is 10.0 Å². The van der Waals surface area contributed by atoms with Gasteiger partial charge in [0.2, 0.25) is 10.0 Å². The second-order valence-corrected chi connectivity index (χ2v) is 8.04. The lowest BCUT2D eigenvalue weighted by molar-refractivity contribution is 0.388. The molecule has 0 radical (unpaired) electrons. The van der Waals surface area contributed by atoms with Crippen LogP contribution < -0.4 is 5.32 Å². The lowest BCUT2D eigenvalue weighted by Gasteiger charge is -2.25. The van der Waals surface area contributed by atoms with Crippen LogP contribution in [0, 0.1) is 0 Å². The van der Waals surface area contributed by atoms with E-state index in [4.69, 9.17) is 0 Å². The molecule has 0 saturated heterocycles. The fourth-order valence-electron chi connectivity index (χ4n) is 2.15. The van der Waals surface area contributed by atoms with E-state index in [9.17, 15) is 8.42 Å². The summed E-state index contributed by atoms with van der Waals surface area (Å²) in [5, 5.41) is 3.03. The molecule has 4 nitrogen and oxygen atoms in total. The quantitative estimate of drug-likeness (QED) is 0.696. The van der Waals surface area contributed by atoms with E-state index >= 15 is 0 Å². The molecule has 1 atom stereocenters. The van der Waals surface area contributed by atoms with E-state index in [1.165, 1.54) is 12.8 Å². The number of rotatable bonds is 9. The first-order valence-electron chi connectivity index (χ1n) is 7.29. The van der Waals surface area contributed by atoms with Gasteiger partial charge in [0.05, 0.1) is 5.25 Å². The van der Waals surface area contributed by atoms with Crippen LogP contribution in [0.3, 0.4) is 0 Å². The van der Waals surface area contributed by atoms with E-state index in [2.05, 4.69) is 12.2 Å². The Kier molecular flexibility index (Phi) is 4.67. The van der Waals surface area contributed by atoms with Crippen LogP contribution in [-0.2, 0) is 10.0 Å². The minimum atomic E-state index is -3.11. The summed E-state index contributed by atoms with van der Waals surface area (Å²) >= 11 is 0. The van der Waals surface area contributed by atoms with Crippen LogP contribution in [0.1, 0.15) is 52.4 Å². The number of hydrogen-bond donors (Lipinski definition) is 1. The molecule has 1 unspecified atom stereocenters. The maximum Gasteiger partial charge on any atom is 0.218 e. The summed E-state index contributed by atoms with van der Waals surface area (Å²) in [4.78, 5) is 0. The summed E-state index contributed by atoms with van der Waals surface area (Å²) in [6.07, 6.45) is 6.52. The monoisotopic (exact) mass is 274 g/mol. The zero-order valence-electron chi connectivity index (χ0n) is 11.6. The van der Waals surface area contributed by atoms with Crippen molar-refractivity contribution in [3.63, 3.8) is 0 Å². The minimum Gasteiger partial charge on any atom is -0.313 e. The number of nitrogens with zero attached hydrogens (tertiary/aromatic N) is 1. The third kappa shape index (κ3) is 3.68. The predicted octanol–water partition coefficient (Wildman–Crippen LogP) is 1.72. The molecule has 106 valence electrons. The third-order valence-electron chi connectivity index (χ3n) is 3.79. The highest BCUT2D eigenvalue weighted by atomic mass is 32.2. The van der Waals surface area contributed by atoms with Crippen molar-refractivity contribution < 1.29 is 8.42 Å². The molecule has 1 N–H and O–H groups in total. The van der Waals surface area contributed by atoms with E-state index in [0.717, 1.165) is 25.7 Å². The molecule has 2 aliphatic carbocycles. The Hall–Kier alpha value is -0.130. The van der Waals surface area contributed by atoms with Gasteiger partial charge < -0.3 is 5.32 Å². The van der Waals surface area contributed by atoms with Gasteiger partial charge in [-0.2, -0.15) is 4.31 Å². The van der Waals surface area contributed by atoms with Gasteiger partial charge in [-0.1, -0.05) is 13.3 Å².